The van der Waals surface area contributed by atoms with Crippen LogP contribution in [0.25, 0.3) is 0 Å². The van der Waals surface area contributed by atoms with Crippen LogP contribution in [0.1, 0.15) is 26.7 Å². The van der Waals surface area contributed by atoms with E-state index in [4.69, 9.17) is 5.73 Å². The molecule has 3 nitrogen and oxygen atoms in total. The highest BCUT2D eigenvalue weighted by Crippen LogP contribution is 2.58. The first-order valence-electron chi connectivity index (χ1n) is 6.33. The first-order chi connectivity index (χ1) is 8.48. The molecule has 1 aromatic rings. The van der Waals surface area contributed by atoms with Crippen molar-refractivity contribution in [2.24, 2.45) is 16.1 Å². The summed E-state index contributed by atoms with van der Waals surface area (Å²) in [5.74, 6) is 0.637. The zero-order chi connectivity index (χ0) is 13.0. The van der Waals surface area contributed by atoms with Crippen molar-refractivity contribution in [2.45, 2.75) is 32.2 Å². The Labute approximate surface area is 116 Å². The van der Waals surface area contributed by atoms with Gasteiger partial charge in [-0.25, -0.2) is 0 Å². The molecule has 1 aliphatic heterocycles. The second-order valence-electron chi connectivity index (χ2n) is 5.80. The third-order valence-corrected chi connectivity index (χ3v) is 5.34. The first-order valence-corrected chi connectivity index (χ1v) is 7.12. The fraction of sp³-hybridized carbons (Fsp3) is 0.500. The van der Waals surface area contributed by atoms with Crippen LogP contribution in [0, 0.1) is 5.41 Å². The third kappa shape index (κ3) is 1.51. The highest BCUT2D eigenvalue weighted by Gasteiger charge is 2.59. The van der Waals surface area contributed by atoms with Gasteiger partial charge in [-0.3, -0.25) is 4.99 Å². The summed E-state index contributed by atoms with van der Waals surface area (Å²) < 4.78 is 1.07. The molecule has 2 N–H and O–H groups in total. The maximum absolute atomic E-state index is 6.14. The summed E-state index contributed by atoms with van der Waals surface area (Å²) in [4.78, 5) is 6.71. The minimum Gasteiger partial charge on any atom is -0.369 e. The number of benzene rings is 1. The van der Waals surface area contributed by atoms with Crippen LogP contribution >= 0.6 is 15.9 Å². The maximum Gasteiger partial charge on any atom is 0.196 e. The van der Waals surface area contributed by atoms with E-state index in [0.29, 0.717) is 11.4 Å². The molecule has 3 rings (SSSR count). The number of guanidine groups is 1. The summed E-state index contributed by atoms with van der Waals surface area (Å²) in [5, 5.41) is 0. The van der Waals surface area contributed by atoms with Crippen LogP contribution < -0.4 is 10.6 Å². The highest BCUT2D eigenvalue weighted by molar-refractivity contribution is 9.10. The number of hydrogen-bond acceptors (Lipinski definition) is 3. The van der Waals surface area contributed by atoms with E-state index in [9.17, 15) is 0 Å². The number of halogens is 1. The Morgan fingerprint density at radius 3 is 2.56 bits per heavy atom. The van der Waals surface area contributed by atoms with E-state index in [1.54, 1.807) is 0 Å². The predicted octanol–water partition coefficient (Wildman–Crippen LogP) is 3.14. The van der Waals surface area contributed by atoms with E-state index in [2.05, 4.69) is 51.8 Å². The fourth-order valence-electron chi connectivity index (χ4n) is 2.84. The molecule has 4 heteroatoms. The van der Waals surface area contributed by atoms with E-state index < -0.39 is 0 Å². The van der Waals surface area contributed by atoms with E-state index in [0.717, 1.165) is 16.7 Å². The van der Waals surface area contributed by atoms with Crippen LogP contribution in [0.5, 0.6) is 0 Å². The Kier molecular flexibility index (Phi) is 2.49. The van der Waals surface area contributed by atoms with Gasteiger partial charge >= 0.3 is 0 Å². The van der Waals surface area contributed by atoms with Gasteiger partial charge in [0.05, 0.1) is 17.8 Å². The van der Waals surface area contributed by atoms with Gasteiger partial charge in [0.1, 0.15) is 0 Å². The van der Waals surface area contributed by atoms with E-state index in [1.807, 2.05) is 12.1 Å². The minimum absolute atomic E-state index is 0.000949. The van der Waals surface area contributed by atoms with Crippen molar-refractivity contribution >= 4 is 27.6 Å². The maximum atomic E-state index is 6.14. The minimum atomic E-state index is 0.000949. The van der Waals surface area contributed by atoms with Crippen LogP contribution in [-0.2, 0) is 0 Å². The van der Waals surface area contributed by atoms with Gasteiger partial charge < -0.3 is 10.6 Å². The van der Waals surface area contributed by atoms with Gasteiger partial charge in [0, 0.05) is 4.47 Å². The summed E-state index contributed by atoms with van der Waals surface area (Å²) >= 11 is 3.62. The molecule has 1 aliphatic carbocycles. The quantitative estimate of drug-likeness (QED) is 0.912. The Morgan fingerprint density at radius 1 is 1.28 bits per heavy atom. The van der Waals surface area contributed by atoms with Crippen molar-refractivity contribution in [1.82, 2.24) is 0 Å². The van der Waals surface area contributed by atoms with Gasteiger partial charge in [-0.1, -0.05) is 19.1 Å². The zero-order valence-corrected chi connectivity index (χ0v) is 12.4. The van der Waals surface area contributed by atoms with Crippen LogP contribution in [0.15, 0.2) is 33.7 Å². The molecule has 1 saturated carbocycles. The molecular weight excluding hydrogens is 290 g/mol. The number of nitrogens with two attached hydrogens (primary N) is 1. The lowest BCUT2D eigenvalue weighted by Crippen LogP contribution is -2.55. The summed E-state index contributed by atoms with van der Waals surface area (Å²) in [6, 6.07) is 8.22. The van der Waals surface area contributed by atoms with Gasteiger partial charge in [-0.2, -0.15) is 0 Å². The van der Waals surface area contributed by atoms with Crippen molar-refractivity contribution in [2.75, 3.05) is 11.4 Å². The smallest absolute Gasteiger partial charge is 0.196 e. The fourth-order valence-corrected chi connectivity index (χ4v) is 3.30. The Hall–Kier alpha value is -1.03. The summed E-state index contributed by atoms with van der Waals surface area (Å²) in [6.07, 6.45) is 2.51. The molecule has 1 aromatic carbocycles. The number of anilines is 1. The number of aliphatic imine (C=N–C) groups is 1. The van der Waals surface area contributed by atoms with E-state index in [-0.39, 0.29) is 5.54 Å². The van der Waals surface area contributed by atoms with Crippen LogP contribution in [0.4, 0.5) is 5.69 Å². The molecule has 1 heterocycles. The molecule has 0 bridgehead atoms. The van der Waals surface area contributed by atoms with Crippen molar-refractivity contribution in [1.29, 1.82) is 0 Å². The Morgan fingerprint density at radius 2 is 1.94 bits per heavy atom. The van der Waals surface area contributed by atoms with Crippen molar-refractivity contribution in [3.63, 3.8) is 0 Å². The first kappa shape index (κ1) is 12.0. The van der Waals surface area contributed by atoms with Crippen molar-refractivity contribution in [3.8, 4) is 0 Å². The summed E-state index contributed by atoms with van der Waals surface area (Å²) in [7, 11) is 0. The summed E-state index contributed by atoms with van der Waals surface area (Å²) in [6.45, 7) is 5.41. The Bertz CT molecular complexity index is 522. The highest BCUT2D eigenvalue weighted by atomic mass is 79.9. The molecule has 0 saturated heterocycles. The van der Waals surface area contributed by atoms with E-state index in [1.165, 1.54) is 12.8 Å². The molecule has 1 fully saturated rings. The van der Waals surface area contributed by atoms with Crippen molar-refractivity contribution in [3.05, 3.63) is 28.7 Å². The number of hydrogen-bond donors (Lipinski definition) is 1. The average molecular weight is 308 g/mol. The van der Waals surface area contributed by atoms with Gasteiger partial charge in [-0.15, -0.1) is 0 Å². The molecule has 0 radical (unpaired) electrons. The molecule has 2 aliphatic rings. The molecule has 1 atom stereocenters. The zero-order valence-electron chi connectivity index (χ0n) is 10.8. The predicted molar refractivity (Wildman–Crippen MR) is 78.9 cm³/mol. The standard InChI is InChI=1S/C14H18BrN3/c1-13(7-8-13)14(2)9-17-12(16)18(14)11-6-4-3-5-10(11)15/h3-6H,7-9H2,1-2H3,(H2,16,17). The monoisotopic (exact) mass is 307 g/mol. The molecule has 0 aromatic heterocycles. The largest absolute Gasteiger partial charge is 0.369 e. The molecule has 0 spiro atoms. The number of nitrogens with zero attached hydrogens (tertiary/aromatic N) is 2. The Balaban J connectivity index is 2.08. The van der Waals surface area contributed by atoms with E-state index >= 15 is 0 Å². The van der Waals surface area contributed by atoms with Crippen LogP contribution in [0.2, 0.25) is 0 Å². The summed E-state index contributed by atoms with van der Waals surface area (Å²) in [5.41, 5.74) is 7.58. The lowest BCUT2D eigenvalue weighted by Gasteiger charge is -2.41. The van der Waals surface area contributed by atoms with Crippen LogP contribution in [-0.4, -0.2) is 18.0 Å². The number of rotatable bonds is 2. The normalized spacial score (nSPS) is 29.3. The second-order valence-corrected chi connectivity index (χ2v) is 6.65. The van der Waals surface area contributed by atoms with Gasteiger partial charge in [0.25, 0.3) is 0 Å². The SMILES string of the molecule is CC1(C2(C)CN=C(N)N2c2ccccc2Br)CC1. The van der Waals surface area contributed by atoms with Gasteiger partial charge in [0.15, 0.2) is 5.96 Å². The lowest BCUT2D eigenvalue weighted by molar-refractivity contribution is 0.317. The lowest BCUT2D eigenvalue weighted by atomic mass is 9.82. The third-order valence-electron chi connectivity index (χ3n) is 4.67. The molecule has 18 heavy (non-hydrogen) atoms. The second kappa shape index (κ2) is 3.73. The topological polar surface area (TPSA) is 41.6 Å². The molecule has 0 amide bonds. The van der Waals surface area contributed by atoms with Crippen LogP contribution in [0.3, 0.4) is 0 Å². The van der Waals surface area contributed by atoms with Gasteiger partial charge in [-0.05, 0) is 53.2 Å². The molecule has 1 unspecified atom stereocenters. The average Bonchev–Trinajstić information content (AvgIpc) is 3.02. The molecular formula is C14H18BrN3. The van der Waals surface area contributed by atoms with Gasteiger partial charge in [0.2, 0.25) is 0 Å². The number of para-hydroxylation sites is 1. The molecule has 96 valence electrons. The van der Waals surface area contributed by atoms with Crippen molar-refractivity contribution < 1.29 is 0 Å².